The summed E-state index contributed by atoms with van der Waals surface area (Å²) in [7, 11) is 0. The molecule has 0 saturated heterocycles. The zero-order chi connectivity index (χ0) is 19.2. The van der Waals surface area contributed by atoms with Crippen LogP contribution >= 0.6 is 0 Å². The number of hydrogen-bond donors (Lipinski definition) is 2. The molecule has 0 aliphatic rings. The highest BCUT2D eigenvalue weighted by Gasteiger charge is 2.14. The summed E-state index contributed by atoms with van der Waals surface area (Å²) in [5, 5.41) is 13.9. The van der Waals surface area contributed by atoms with Crippen LogP contribution in [0.3, 0.4) is 0 Å². The number of hydrogen-bond acceptors (Lipinski definition) is 4. The van der Waals surface area contributed by atoms with Gasteiger partial charge in [0.2, 0.25) is 5.95 Å². The molecule has 142 valence electrons. The van der Waals surface area contributed by atoms with Crippen molar-refractivity contribution in [3.63, 3.8) is 0 Å². The third-order valence-corrected chi connectivity index (χ3v) is 4.53. The molecule has 1 atom stereocenters. The SMILES string of the molecule is OC(COc1ccccc1)Cn1c(NCc2ccccc2)nc2ccccc21. The van der Waals surface area contributed by atoms with Crippen LogP contribution in [0.1, 0.15) is 5.56 Å². The molecule has 0 aliphatic carbocycles. The van der Waals surface area contributed by atoms with Gasteiger partial charge in [-0.3, -0.25) is 0 Å². The molecule has 2 N–H and O–H groups in total. The Balaban J connectivity index is 1.49. The predicted molar refractivity (Wildman–Crippen MR) is 111 cm³/mol. The molecule has 4 aromatic rings. The average molecular weight is 373 g/mol. The van der Waals surface area contributed by atoms with Crippen molar-refractivity contribution in [2.24, 2.45) is 0 Å². The van der Waals surface area contributed by atoms with Gasteiger partial charge in [0.15, 0.2) is 0 Å². The van der Waals surface area contributed by atoms with E-state index in [1.165, 1.54) is 5.56 Å². The van der Waals surface area contributed by atoms with Gasteiger partial charge in [-0.1, -0.05) is 60.7 Å². The van der Waals surface area contributed by atoms with Crippen molar-refractivity contribution >= 4 is 17.0 Å². The quantitative estimate of drug-likeness (QED) is 0.488. The predicted octanol–water partition coefficient (Wildman–Crippen LogP) is 4.09. The van der Waals surface area contributed by atoms with Crippen LogP contribution in [0.15, 0.2) is 84.9 Å². The number of ether oxygens (including phenoxy) is 1. The molecule has 3 aromatic carbocycles. The molecule has 1 heterocycles. The van der Waals surface area contributed by atoms with E-state index in [1.54, 1.807) is 0 Å². The Labute approximate surface area is 164 Å². The standard InChI is InChI=1S/C23H23N3O2/c27-19(17-28-20-11-5-2-6-12-20)16-26-22-14-8-7-13-21(22)25-23(26)24-15-18-9-3-1-4-10-18/h1-14,19,27H,15-17H2,(H,24,25). The molecular formula is C23H23N3O2. The number of nitrogens with zero attached hydrogens (tertiary/aromatic N) is 2. The normalized spacial score (nSPS) is 12.0. The first kappa shape index (κ1) is 18.1. The Morgan fingerprint density at radius 2 is 1.57 bits per heavy atom. The fraction of sp³-hybridized carbons (Fsp3) is 0.174. The van der Waals surface area contributed by atoms with Crippen LogP contribution in [0.5, 0.6) is 5.75 Å². The molecule has 0 amide bonds. The number of benzene rings is 3. The summed E-state index contributed by atoms with van der Waals surface area (Å²) in [5.41, 5.74) is 3.06. The van der Waals surface area contributed by atoms with Crippen molar-refractivity contribution in [2.75, 3.05) is 11.9 Å². The molecule has 28 heavy (non-hydrogen) atoms. The van der Waals surface area contributed by atoms with E-state index >= 15 is 0 Å². The van der Waals surface area contributed by atoms with E-state index in [1.807, 2.05) is 77.4 Å². The number of anilines is 1. The maximum atomic E-state index is 10.6. The fourth-order valence-electron chi connectivity index (χ4n) is 3.14. The molecule has 0 radical (unpaired) electrons. The lowest BCUT2D eigenvalue weighted by molar-refractivity contribution is 0.0939. The summed E-state index contributed by atoms with van der Waals surface area (Å²) in [6.45, 7) is 1.28. The number of nitrogens with one attached hydrogen (secondary N) is 1. The number of rotatable bonds is 8. The molecule has 5 heteroatoms. The van der Waals surface area contributed by atoms with Crippen LogP contribution in [0.4, 0.5) is 5.95 Å². The lowest BCUT2D eigenvalue weighted by Gasteiger charge is -2.16. The Hall–Kier alpha value is -3.31. The molecule has 0 spiro atoms. The van der Waals surface area contributed by atoms with Gasteiger partial charge in [-0.2, -0.15) is 0 Å². The van der Waals surface area contributed by atoms with Crippen molar-refractivity contribution in [3.05, 3.63) is 90.5 Å². The van der Waals surface area contributed by atoms with Crippen molar-refractivity contribution in [1.82, 2.24) is 9.55 Å². The molecule has 0 aliphatic heterocycles. The Morgan fingerprint density at radius 1 is 0.893 bits per heavy atom. The lowest BCUT2D eigenvalue weighted by atomic mass is 10.2. The minimum Gasteiger partial charge on any atom is -0.491 e. The van der Waals surface area contributed by atoms with E-state index in [9.17, 15) is 5.11 Å². The summed E-state index contributed by atoms with van der Waals surface area (Å²) in [6.07, 6.45) is -0.657. The summed E-state index contributed by atoms with van der Waals surface area (Å²) in [4.78, 5) is 4.70. The first-order valence-corrected chi connectivity index (χ1v) is 9.38. The number of fused-ring (bicyclic) bond motifs is 1. The molecule has 1 aromatic heterocycles. The van der Waals surface area contributed by atoms with Gasteiger partial charge in [0.1, 0.15) is 18.5 Å². The second-order valence-corrected chi connectivity index (χ2v) is 6.65. The highest BCUT2D eigenvalue weighted by molar-refractivity contribution is 5.78. The number of para-hydroxylation sites is 3. The maximum absolute atomic E-state index is 10.6. The molecule has 0 saturated carbocycles. The Kier molecular flexibility index (Phi) is 5.54. The highest BCUT2D eigenvalue weighted by Crippen LogP contribution is 2.21. The summed E-state index contributed by atoms with van der Waals surface area (Å²) >= 11 is 0. The number of aromatic nitrogens is 2. The van der Waals surface area contributed by atoms with Crippen LogP contribution in [-0.4, -0.2) is 27.4 Å². The van der Waals surface area contributed by atoms with Gasteiger partial charge in [-0.05, 0) is 29.8 Å². The minimum atomic E-state index is -0.657. The zero-order valence-electron chi connectivity index (χ0n) is 15.5. The molecule has 5 nitrogen and oxygen atoms in total. The largest absolute Gasteiger partial charge is 0.491 e. The van der Waals surface area contributed by atoms with Gasteiger partial charge in [0.05, 0.1) is 17.6 Å². The lowest BCUT2D eigenvalue weighted by Crippen LogP contribution is -2.24. The average Bonchev–Trinajstić information content (AvgIpc) is 3.10. The molecule has 0 fully saturated rings. The first-order valence-electron chi connectivity index (χ1n) is 9.38. The summed E-state index contributed by atoms with van der Waals surface area (Å²) < 4.78 is 7.70. The van der Waals surface area contributed by atoms with Crippen molar-refractivity contribution in [3.8, 4) is 5.75 Å². The number of aliphatic hydroxyl groups excluding tert-OH is 1. The first-order chi connectivity index (χ1) is 13.8. The third kappa shape index (κ3) is 4.32. The van der Waals surface area contributed by atoms with Crippen molar-refractivity contribution in [2.45, 2.75) is 19.2 Å². The van der Waals surface area contributed by atoms with E-state index < -0.39 is 6.10 Å². The monoisotopic (exact) mass is 373 g/mol. The van der Waals surface area contributed by atoms with Gasteiger partial charge in [0.25, 0.3) is 0 Å². The van der Waals surface area contributed by atoms with E-state index in [0.717, 1.165) is 22.7 Å². The molecule has 1 unspecified atom stereocenters. The van der Waals surface area contributed by atoms with Crippen LogP contribution in [0, 0.1) is 0 Å². The molecule has 4 rings (SSSR count). The van der Waals surface area contributed by atoms with E-state index in [0.29, 0.717) is 13.1 Å². The van der Waals surface area contributed by atoms with Gasteiger partial charge >= 0.3 is 0 Å². The molecular weight excluding hydrogens is 350 g/mol. The minimum absolute atomic E-state index is 0.217. The Bertz CT molecular complexity index is 1020. The van der Waals surface area contributed by atoms with Gasteiger partial charge in [-0.15, -0.1) is 0 Å². The number of aliphatic hydroxyl groups is 1. The smallest absolute Gasteiger partial charge is 0.204 e. The van der Waals surface area contributed by atoms with E-state index in [-0.39, 0.29) is 6.61 Å². The van der Waals surface area contributed by atoms with Gasteiger partial charge in [-0.25, -0.2) is 4.98 Å². The third-order valence-electron chi connectivity index (χ3n) is 4.53. The van der Waals surface area contributed by atoms with Crippen LogP contribution < -0.4 is 10.1 Å². The van der Waals surface area contributed by atoms with Crippen LogP contribution in [-0.2, 0) is 13.1 Å². The van der Waals surface area contributed by atoms with Gasteiger partial charge in [0, 0.05) is 6.54 Å². The molecule has 0 bridgehead atoms. The Morgan fingerprint density at radius 3 is 2.36 bits per heavy atom. The second kappa shape index (κ2) is 8.59. The van der Waals surface area contributed by atoms with E-state index in [2.05, 4.69) is 17.4 Å². The maximum Gasteiger partial charge on any atom is 0.204 e. The van der Waals surface area contributed by atoms with Crippen molar-refractivity contribution < 1.29 is 9.84 Å². The second-order valence-electron chi connectivity index (χ2n) is 6.65. The van der Waals surface area contributed by atoms with Crippen molar-refractivity contribution in [1.29, 1.82) is 0 Å². The zero-order valence-corrected chi connectivity index (χ0v) is 15.5. The summed E-state index contributed by atoms with van der Waals surface area (Å²) in [5.74, 6) is 1.49. The fourth-order valence-corrected chi connectivity index (χ4v) is 3.14. The van der Waals surface area contributed by atoms with Crippen LogP contribution in [0.2, 0.25) is 0 Å². The number of imidazole rings is 1. The summed E-state index contributed by atoms with van der Waals surface area (Å²) in [6, 6.07) is 27.6. The van der Waals surface area contributed by atoms with Crippen LogP contribution in [0.25, 0.3) is 11.0 Å². The van der Waals surface area contributed by atoms with Gasteiger partial charge < -0.3 is 19.7 Å². The van der Waals surface area contributed by atoms with E-state index in [4.69, 9.17) is 9.72 Å². The highest BCUT2D eigenvalue weighted by atomic mass is 16.5. The topological polar surface area (TPSA) is 59.3 Å².